The molecule has 1 aromatic heterocycles. The van der Waals surface area contributed by atoms with Gasteiger partial charge in [-0.25, -0.2) is 4.79 Å². The molecule has 10 heteroatoms. The Morgan fingerprint density at radius 2 is 2.09 bits per heavy atom. The smallest absolute Gasteiger partial charge is 0.327 e. The molecule has 2 heterocycles. The van der Waals surface area contributed by atoms with Crippen LogP contribution in [0, 0.1) is 0 Å². The van der Waals surface area contributed by atoms with E-state index < -0.39 is 12.0 Å². The fraction of sp³-hybridized carbons (Fsp3) is 0.167. The van der Waals surface area contributed by atoms with E-state index >= 15 is 0 Å². The van der Waals surface area contributed by atoms with Crippen molar-refractivity contribution in [1.82, 2.24) is 15.0 Å². The number of nitrogens with one attached hydrogen (secondary N) is 2. The Kier molecular flexibility index (Phi) is 3.48. The maximum atomic E-state index is 11.8. The molecule has 1 aliphatic heterocycles. The van der Waals surface area contributed by atoms with Crippen molar-refractivity contribution in [3.8, 4) is 11.5 Å². The summed E-state index contributed by atoms with van der Waals surface area (Å²) in [7, 11) is 0. The number of ether oxygens (including phenoxy) is 2. The summed E-state index contributed by atoms with van der Waals surface area (Å²) in [6.45, 7) is -0.233. The average Bonchev–Trinajstić information content (AvgIpc) is 3.06. The lowest BCUT2D eigenvalue weighted by Crippen LogP contribution is -2.20. The normalized spacial score (nSPS) is 12.0. The van der Waals surface area contributed by atoms with Gasteiger partial charge in [-0.05, 0) is 12.1 Å². The molecule has 0 fully saturated rings. The maximum Gasteiger partial charge on any atom is 0.327 e. The molecule has 0 unspecified atom stereocenters. The Morgan fingerprint density at radius 3 is 2.91 bits per heavy atom. The van der Waals surface area contributed by atoms with Crippen LogP contribution in [0.25, 0.3) is 0 Å². The summed E-state index contributed by atoms with van der Waals surface area (Å²) < 4.78 is 10.4. The number of carbonyl (C=O) groups is 2. The molecular weight excluding hydrogens is 294 g/mol. The molecule has 2 amide bonds. The second-order valence-electron chi connectivity index (χ2n) is 4.30. The minimum absolute atomic E-state index is 0.138. The fourth-order valence-corrected chi connectivity index (χ4v) is 1.80. The van der Waals surface area contributed by atoms with Crippen molar-refractivity contribution >= 4 is 23.5 Å². The number of aliphatic carboxylic acids is 1. The zero-order valence-corrected chi connectivity index (χ0v) is 11.1. The van der Waals surface area contributed by atoms with Crippen LogP contribution in [0.1, 0.15) is 0 Å². The van der Waals surface area contributed by atoms with Crippen LogP contribution in [0.2, 0.25) is 0 Å². The highest BCUT2D eigenvalue weighted by Gasteiger charge is 2.14. The molecule has 1 aliphatic rings. The number of carboxylic acid groups (broad SMARTS) is 1. The molecule has 0 radical (unpaired) electrons. The summed E-state index contributed by atoms with van der Waals surface area (Å²) in [5.74, 6) is 0.222. The number of amides is 2. The number of hydrogen-bond acceptors (Lipinski definition) is 6. The van der Waals surface area contributed by atoms with Gasteiger partial charge in [-0.1, -0.05) is 0 Å². The van der Waals surface area contributed by atoms with Gasteiger partial charge >= 0.3 is 12.0 Å². The minimum Gasteiger partial charge on any atom is -0.480 e. The van der Waals surface area contributed by atoms with Gasteiger partial charge in [0.25, 0.3) is 0 Å². The van der Waals surface area contributed by atoms with Gasteiger partial charge in [0, 0.05) is 11.8 Å². The van der Waals surface area contributed by atoms with E-state index in [9.17, 15) is 9.59 Å². The third kappa shape index (κ3) is 3.06. The largest absolute Gasteiger partial charge is 0.480 e. The van der Waals surface area contributed by atoms with Gasteiger partial charge in [0.05, 0.1) is 6.20 Å². The number of rotatable bonds is 4. The highest BCUT2D eigenvalue weighted by atomic mass is 16.7. The molecule has 0 saturated carbocycles. The van der Waals surface area contributed by atoms with E-state index in [1.54, 1.807) is 18.2 Å². The van der Waals surface area contributed by atoms with E-state index in [0.29, 0.717) is 17.2 Å². The lowest BCUT2D eigenvalue weighted by Gasteiger charge is -2.06. The number of fused-ring (bicyclic) bond motifs is 1. The van der Waals surface area contributed by atoms with Gasteiger partial charge in [-0.2, -0.15) is 9.90 Å². The molecular formula is C12H11N5O5. The Bertz CT molecular complexity index is 728. The van der Waals surface area contributed by atoms with E-state index in [1.807, 2.05) is 0 Å². The average molecular weight is 305 g/mol. The molecule has 3 rings (SSSR count). The Hall–Kier alpha value is -3.30. The number of benzene rings is 1. The molecule has 0 bridgehead atoms. The van der Waals surface area contributed by atoms with Gasteiger partial charge in [0.2, 0.25) is 6.79 Å². The van der Waals surface area contributed by atoms with Gasteiger partial charge in [-0.15, -0.1) is 5.10 Å². The number of nitrogens with zero attached hydrogens (tertiary/aromatic N) is 3. The number of aromatic nitrogens is 3. The van der Waals surface area contributed by atoms with Crippen LogP contribution in [0.4, 0.5) is 16.3 Å². The standard InChI is InChI=1S/C12H11N5O5/c18-11(19)5-17-13-4-10(16-17)15-12(20)14-7-1-2-8-9(3-7)22-6-21-8/h1-4H,5-6H2,(H,18,19)(H2,14,15,16,20). The fourth-order valence-electron chi connectivity index (χ4n) is 1.80. The highest BCUT2D eigenvalue weighted by Crippen LogP contribution is 2.34. The van der Waals surface area contributed by atoms with E-state index in [1.165, 1.54) is 6.20 Å². The first-order valence-electron chi connectivity index (χ1n) is 6.20. The lowest BCUT2D eigenvalue weighted by atomic mass is 10.3. The van der Waals surface area contributed by atoms with Crippen LogP contribution in [0.15, 0.2) is 24.4 Å². The summed E-state index contributed by atoms with van der Waals surface area (Å²) >= 11 is 0. The molecule has 3 N–H and O–H groups in total. The highest BCUT2D eigenvalue weighted by molar-refractivity contribution is 5.99. The molecule has 10 nitrogen and oxygen atoms in total. The lowest BCUT2D eigenvalue weighted by molar-refractivity contribution is -0.138. The van der Waals surface area contributed by atoms with Gasteiger partial charge in [-0.3, -0.25) is 10.1 Å². The van der Waals surface area contributed by atoms with Crippen molar-refractivity contribution in [1.29, 1.82) is 0 Å². The van der Waals surface area contributed by atoms with Crippen molar-refractivity contribution in [3.05, 3.63) is 24.4 Å². The number of carboxylic acids is 1. The molecule has 0 atom stereocenters. The summed E-state index contributed by atoms with van der Waals surface area (Å²) in [4.78, 5) is 23.3. The molecule has 1 aromatic carbocycles. The molecule has 114 valence electrons. The summed E-state index contributed by atoms with van der Waals surface area (Å²) in [5.41, 5.74) is 0.514. The Labute approximate surface area is 123 Å². The molecule has 22 heavy (non-hydrogen) atoms. The van der Waals surface area contributed by atoms with Crippen molar-refractivity contribution in [3.63, 3.8) is 0 Å². The van der Waals surface area contributed by atoms with Crippen molar-refractivity contribution in [2.45, 2.75) is 6.54 Å². The van der Waals surface area contributed by atoms with Gasteiger partial charge in [0.1, 0.15) is 0 Å². The quantitative estimate of drug-likeness (QED) is 0.759. The predicted octanol–water partition coefficient (Wildman–Crippen LogP) is 0.735. The first-order chi connectivity index (χ1) is 10.6. The maximum absolute atomic E-state index is 11.8. The zero-order valence-electron chi connectivity index (χ0n) is 11.1. The number of carbonyl (C=O) groups excluding carboxylic acids is 1. The first-order valence-corrected chi connectivity index (χ1v) is 6.20. The molecule has 2 aromatic rings. The molecule has 0 spiro atoms. The number of hydrogen-bond donors (Lipinski definition) is 3. The first kappa shape index (κ1) is 13.7. The topological polar surface area (TPSA) is 128 Å². The van der Waals surface area contributed by atoms with Gasteiger partial charge in [0.15, 0.2) is 23.9 Å². The van der Waals surface area contributed by atoms with Crippen LogP contribution < -0.4 is 20.1 Å². The van der Waals surface area contributed by atoms with Crippen molar-refractivity contribution in [2.75, 3.05) is 17.4 Å². The zero-order chi connectivity index (χ0) is 15.5. The van der Waals surface area contributed by atoms with E-state index in [4.69, 9.17) is 14.6 Å². The third-order valence-electron chi connectivity index (χ3n) is 2.69. The van der Waals surface area contributed by atoms with E-state index in [0.717, 1.165) is 4.80 Å². The van der Waals surface area contributed by atoms with Crippen LogP contribution in [0.3, 0.4) is 0 Å². The Balaban J connectivity index is 1.60. The van der Waals surface area contributed by atoms with Crippen LogP contribution >= 0.6 is 0 Å². The second-order valence-corrected chi connectivity index (χ2v) is 4.30. The summed E-state index contributed by atoms with van der Waals surface area (Å²) in [6.07, 6.45) is 1.25. The van der Waals surface area contributed by atoms with Crippen LogP contribution in [-0.4, -0.2) is 38.9 Å². The van der Waals surface area contributed by atoms with Gasteiger partial charge < -0.3 is 19.9 Å². The predicted molar refractivity (Wildman–Crippen MR) is 72.9 cm³/mol. The van der Waals surface area contributed by atoms with Crippen LogP contribution in [-0.2, 0) is 11.3 Å². The van der Waals surface area contributed by atoms with Crippen LogP contribution in [0.5, 0.6) is 11.5 Å². The summed E-state index contributed by atoms with van der Waals surface area (Å²) in [5, 5.41) is 21.1. The van der Waals surface area contributed by atoms with E-state index in [2.05, 4.69) is 20.8 Å². The monoisotopic (exact) mass is 305 g/mol. The van der Waals surface area contributed by atoms with Crippen molar-refractivity contribution < 1.29 is 24.2 Å². The van der Waals surface area contributed by atoms with E-state index in [-0.39, 0.29) is 19.2 Å². The minimum atomic E-state index is -1.08. The SMILES string of the molecule is O=C(O)Cn1ncc(NC(=O)Nc2ccc3c(c2)OCO3)n1. The summed E-state index contributed by atoms with van der Waals surface area (Å²) in [6, 6.07) is 4.43. The molecule has 0 saturated heterocycles. The Morgan fingerprint density at radius 1 is 1.27 bits per heavy atom. The number of anilines is 2. The number of urea groups is 1. The second kappa shape index (κ2) is 5.60. The molecule has 0 aliphatic carbocycles. The van der Waals surface area contributed by atoms with Crippen molar-refractivity contribution in [2.24, 2.45) is 0 Å². The third-order valence-corrected chi connectivity index (χ3v) is 2.69.